The monoisotopic (exact) mass is 366 g/mol. The lowest BCUT2D eigenvalue weighted by Crippen LogP contribution is -2.54. The molecule has 3 nitrogen and oxygen atoms in total. The Morgan fingerprint density at radius 1 is 0.852 bits per heavy atom. The lowest BCUT2D eigenvalue weighted by Gasteiger charge is -2.57. The molecule has 2 atom stereocenters. The topological polar surface area (TPSA) is 44.6 Å². The van der Waals surface area contributed by atoms with Crippen molar-refractivity contribution in [2.24, 2.45) is 21.3 Å². The molecule has 27 heavy (non-hydrogen) atoms. The fourth-order valence-corrected chi connectivity index (χ4v) is 6.62. The lowest BCUT2D eigenvalue weighted by atomic mass is 9.49. The SMILES string of the molecule is CC1(C)CC2=C(/C(=N/Nc3ccccc3)C1)C1(O)CC(C)(C)CC(C)(C2)C1. The average molecular weight is 367 g/mol. The van der Waals surface area contributed by atoms with Crippen molar-refractivity contribution in [2.75, 3.05) is 5.43 Å². The van der Waals surface area contributed by atoms with Gasteiger partial charge in [0, 0.05) is 5.57 Å². The minimum Gasteiger partial charge on any atom is -0.385 e. The number of rotatable bonds is 2. The van der Waals surface area contributed by atoms with Gasteiger partial charge in [0.1, 0.15) is 0 Å². The number of nitrogens with zero attached hydrogens (tertiary/aromatic N) is 1. The number of allylic oxidation sites excluding steroid dienone is 1. The van der Waals surface area contributed by atoms with Crippen LogP contribution < -0.4 is 5.43 Å². The standard InChI is InChI=1S/C24H34N2O/c1-21(2)11-17-12-23(5)14-22(3,4)15-24(27,16-23)20(17)19(13-21)26-25-18-9-7-6-8-10-18/h6-10,25,27H,11-16H2,1-5H3/b26-19+. The molecule has 3 heteroatoms. The van der Waals surface area contributed by atoms with Crippen molar-refractivity contribution in [3.05, 3.63) is 41.5 Å². The third-order valence-electron chi connectivity index (χ3n) is 6.57. The van der Waals surface area contributed by atoms with Crippen LogP contribution in [0.5, 0.6) is 0 Å². The van der Waals surface area contributed by atoms with E-state index in [2.05, 4.69) is 40.0 Å². The van der Waals surface area contributed by atoms with Crippen molar-refractivity contribution in [2.45, 2.75) is 78.7 Å². The zero-order valence-corrected chi connectivity index (χ0v) is 17.5. The van der Waals surface area contributed by atoms with Gasteiger partial charge in [-0.3, -0.25) is 5.43 Å². The van der Waals surface area contributed by atoms with Gasteiger partial charge < -0.3 is 5.11 Å². The smallest absolute Gasteiger partial charge is 0.0924 e. The van der Waals surface area contributed by atoms with Crippen molar-refractivity contribution in [3.8, 4) is 0 Å². The summed E-state index contributed by atoms with van der Waals surface area (Å²) in [4.78, 5) is 0. The Labute approximate surface area is 164 Å². The molecule has 146 valence electrons. The summed E-state index contributed by atoms with van der Waals surface area (Å²) in [6, 6.07) is 10.1. The average Bonchev–Trinajstić information content (AvgIpc) is 2.48. The normalized spacial score (nSPS) is 35.7. The van der Waals surface area contributed by atoms with Gasteiger partial charge in [-0.2, -0.15) is 5.10 Å². The van der Waals surface area contributed by atoms with E-state index >= 15 is 0 Å². The molecule has 2 N–H and O–H groups in total. The molecular formula is C24H34N2O. The summed E-state index contributed by atoms with van der Waals surface area (Å²) in [6.45, 7) is 11.7. The zero-order chi connectivity index (χ0) is 19.5. The van der Waals surface area contributed by atoms with Gasteiger partial charge in [-0.25, -0.2) is 0 Å². The van der Waals surface area contributed by atoms with Crippen molar-refractivity contribution < 1.29 is 5.11 Å². The molecule has 1 saturated carbocycles. The third kappa shape index (κ3) is 3.59. The minimum atomic E-state index is -0.738. The van der Waals surface area contributed by atoms with Crippen molar-refractivity contribution >= 4 is 11.4 Å². The summed E-state index contributed by atoms with van der Waals surface area (Å²) in [7, 11) is 0. The molecule has 1 fully saturated rings. The number of benzene rings is 1. The maximum atomic E-state index is 11.9. The van der Waals surface area contributed by atoms with Crippen LogP contribution in [0.4, 0.5) is 5.69 Å². The fraction of sp³-hybridized carbons (Fsp3) is 0.625. The Morgan fingerprint density at radius 3 is 2.26 bits per heavy atom. The quantitative estimate of drug-likeness (QED) is 0.638. The molecule has 0 radical (unpaired) electrons. The highest BCUT2D eigenvalue weighted by atomic mass is 16.3. The van der Waals surface area contributed by atoms with Gasteiger partial charge in [0.15, 0.2) is 0 Å². The van der Waals surface area contributed by atoms with Gasteiger partial charge in [0.2, 0.25) is 0 Å². The molecule has 2 bridgehead atoms. The van der Waals surface area contributed by atoms with E-state index < -0.39 is 5.60 Å². The first kappa shape index (κ1) is 18.7. The highest BCUT2D eigenvalue weighted by molar-refractivity contribution is 6.04. The highest BCUT2D eigenvalue weighted by Gasteiger charge is 2.56. The Morgan fingerprint density at radius 2 is 1.56 bits per heavy atom. The summed E-state index contributed by atoms with van der Waals surface area (Å²) >= 11 is 0. The second-order valence-corrected chi connectivity index (χ2v) is 11.2. The van der Waals surface area contributed by atoms with E-state index in [-0.39, 0.29) is 16.2 Å². The van der Waals surface area contributed by atoms with Crippen LogP contribution in [0.15, 0.2) is 46.6 Å². The van der Waals surface area contributed by atoms with Gasteiger partial charge in [-0.05, 0) is 66.9 Å². The van der Waals surface area contributed by atoms with Crippen LogP contribution in [0.2, 0.25) is 0 Å². The molecule has 3 aliphatic carbocycles. The van der Waals surface area contributed by atoms with E-state index in [1.165, 1.54) is 12.0 Å². The van der Waals surface area contributed by atoms with Crippen LogP contribution in [0.25, 0.3) is 0 Å². The molecule has 0 aromatic heterocycles. The first-order valence-corrected chi connectivity index (χ1v) is 10.3. The molecule has 0 amide bonds. The molecule has 4 rings (SSSR count). The largest absolute Gasteiger partial charge is 0.385 e. The Bertz CT molecular complexity index is 805. The van der Waals surface area contributed by atoms with Crippen LogP contribution in [-0.2, 0) is 0 Å². The molecule has 0 spiro atoms. The number of hydrogen-bond donors (Lipinski definition) is 2. The third-order valence-corrected chi connectivity index (χ3v) is 6.57. The van der Waals surface area contributed by atoms with E-state index in [0.29, 0.717) is 0 Å². The number of hydrogen-bond acceptors (Lipinski definition) is 3. The Hall–Kier alpha value is -1.61. The van der Waals surface area contributed by atoms with E-state index in [4.69, 9.17) is 5.10 Å². The van der Waals surface area contributed by atoms with E-state index in [1.807, 2.05) is 30.3 Å². The second-order valence-electron chi connectivity index (χ2n) is 11.2. The summed E-state index contributed by atoms with van der Waals surface area (Å²) in [5, 5.41) is 16.7. The second kappa shape index (κ2) is 5.94. The van der Waals surface area contributed by atoms with E-state index in [0.717, 1.165) is 49.1 Å². The highest BCUT2D eigenvalue weighted by Crippen LogP contribution is 2.61. The van der Waals surface area contributed by atoms with Gasteiger partial charge >= 0.3 is 0 Å². The molecular weight excluding hydrogens is 332 g/mol. The molecule has 3 aliphatic rings. The summed E-state index contributed by atoms with van der Waals surface area (Å²) < 4.78 is 0. The van der Waals surface area contributed by atoms with Crippen molar-refractivity contribution in [1.82, 2.24) is 0 Å². The van der Waals surface area contributed by atoms with Crippen LogP contribution in [0.1, 0.15) is 73.1 Å². The van der Waals surface area contributed by atoms with Crippen LogP contribution >= 0.6 is 0 Å². The molecule has 0 saturated heterocycles. The van der Waals surface area contributed by atoms with Gasteiger partial charge in [0.25, 0.3) is 0 Å². The van der Waals surface area contributed by atoms with Crippen LogP contribution in [-0.4, -0.2) is 16.4 Å². The first-order valence-electron chi connectivity index (χ1n) is 10.3. The number of anilines is 1. The molecule has 0 heterocycles. The fourth-order valence-electron chi connectivity index (χ4n) is 6.62. The van der Waals surface area contributed by atoms with E-state index in [9.17, 15) is 5.11 Å². The van der Waals surface area contributed by atoms with Crippen LogP contribution in [0, 0.1) is 16.2 Å². The van der Waals surface area contributed by atoms with Gasteiger partial charge in [-0.1, -0.05) is 58.4 Å². The first-order chi connectivity index (χ1) is 12.5. The Balaban J connectivity index is 1.78. The van der Waals surface area contributed by atoms with Crippen molar-refractivity contribution in [3.63, 3.8) is 0 Å². The number of nitrogens with one attached hydrogen (secondary N) is 1. The summed E-state index contributed by atoms with van der Waals surface area (Å²) in [5.41, 5.74) is 7.72. The maximum absolute atomic E-state index is 11.9. The molecule has 1 aromatic rings. The number of hydrazone groups is 1. The maximum Gasteiger partial charge on any atom is 0.0924 e. The predicted octanol–water partition coefficient (Wildman–Crippen LogP) is 5.92. The molecule has 2 unspecified atom stereocenters. The molecule has 1 aromatic carbocycles. The minimum absolute atomic E-state index is 0.158. The lowest BCUT2D eigenvalue weighted by molar-refractivity contribution is -0.0754. The van der Waals surface area contributed by atoms with Crippen LogP contribution in [0.3, 0.4) is 0 Å². The van der Waals surface area contributed by atoms with Gasteiger partial charge in [-0.15, -0.1) is 0 Å². The number of aliphatic hydroxyl groups is 1. The zero-order valence-electron chi connectivity index (χ0n) is 17.5. The number of fused-ring (bicyclic) bond motifs is 3. The molecule has 0 aliphatic heterocycles. The van der Waals surface area contributed by atoms with Gasteiger partial charge in [0.05, 0.1) is 17.0 Å². The predicted molar refractivity (Wildman–Crippen MR) is 113 cm³/mol. The Kier molecular flexibility index (Phi) is 4.12. The van der Waals surface area contributed by atoms with E-state index in [1.54, 1.807) is 0 Å². The summed E-state index contributed by atoms with van der Waals surface area (Å²) in [5.74, 6) is 0. The summed E-state index contributed by atoms with van der Waals surface area (Å²) in [6.07, 6.45) is 5.97. The number of para-hydroxylation sites is 1. The van der Waals surface area contributed by atoms with Crippen molar-refractivity contribution in [1.29, 1.82) is 0 Å².